The van der Waals surface area contributed by atoms with Gasteiger partial charge >= 0.3 is 0 Å². The number of nitrogen functional groups attached to an aromatic ring is 1. The Morgan fingerprint density at radius 3 is 2.71 bits per heavy atom. The van der Waals surface area contributed by atoms with Crippen LogP contribution in [0, 0.1) is 0 Å². The average Bonchev–Trinajstić information content (AvgIpc) is 2.55. The van der Waals surface area contributed by atoms with E-state index in [-0.39, 0.29) is 22.7 Å². The van der Waals surface area contributed by atoms with Gasteiger partial charge in [-0.25, -0.2) is 8.78 Å². The highest BCUT2D eigenvalue weighted by Gasteiger charge is 2.28. The number of hydrogen-bond donors (Lipinski definition) is 3. The van der Waals surface area contributed by atoms with Crippen LogP contribution in [0.3, 0.4) is 0 Å². The number of hydrogen-bond acceptors (Lipinski definition) is 6. The fourth-order valence-corrected chi connectivity index (χ4v) is 1.76. The number of rotatable bonds is 8. The summed E-state index contributed by atoms with van der Waals surface area (Å²) in [4.78, 5) is 27.1. The minimum absolute atomic E-state index is 0.0914. The Hall–Kier alpha value is -2.55. The van der Waals surface area contributed by atoms with E-state index in [9.17, 15) is 23.5 Å². The standard InChI is InChI=1S/C15H19F2N3O4/c1-15(7-21,8-22)20-14(23)13(19-2)10-5-9(3-4-11(10)18)24-6-12(16)17/h3-5,7,12,22H,6,8,18H2,1-2H3,(H,20,23). The number of nitrogens with zero attached hydrogens (tertiary/aromatic N) is 1. The zero-order valence-electron chi connectivity index (χ0n) is 13.3. The molecule has 0 aliphatic carbocycles. The summed E-state index contributed by atoms with van der Waals surface area (Å²) in [5.41, 5.74) is 4.53. The van der Waals surface area contributed by atoms with E-state index in [4.69, 9.17) is 10.5 Å². The van der Waals surface area contributed by atoms with Gasteiger partial charge in [0, 0.05) is 18.3 Å². The molecule has 9 heteroatoms. The minimum atomic E-state index is -2.65. The minimum Gasteiger partial charge on any atom is -0.488 e. The van der Waals surface area contributed by atoms with Gasteiger partial charge in [-0.1, -0.05) is 0 Å². The van der Waals surface area contributed by atoms with Crippen molar-refractivity contribution < 1.29 is 28.2 Å². The van der Waals surface area contributed by atoms with Gasteiger partial charge in [0.2, 0.25) is 0 Å². The van der Waals surface area contributed by atoms with Crippen molar-refractivity contribution in [1.82, 2.24) is 5.32 Å². The van der Waals surface area contributed by atoms with Crippen LogP contribution in [-0.2, 0) is 9.59 Å². The van der Waals surface area contributed by atoms with Crippen LogP contribution in [0.2, 0.25) is 0 Å². The molecule has 1 atom stereocenters. The molecular weight excluding hydrogens is 324 g/mol. The Balaban J connectivity index is 3.09. The lowest BCUT2D eigenvalue weighted by Crippen LogP contribution is -2.52. The third-order valence-electron chi connectivity index (χ3n) is 3.08. The van der Waals surface area contributed by atoms with E-state index in [0.29, 0.717) is 6.29 Å². The van der Waals surface area contributed by atoms with Crippen molar-refractivity contribution in [2.75, 3.05) is 26.0 Å². The number of alkyl halides is 2. The third kappa shape index (κ3) is 4.98. The zero-order chi connectivity index (χ0) is 18.3. The molecule has 132 valence electrons. The van der Waals surface area contributed by atoms with Crippen LogP contribution in [0.4, 0.5) is 14.5 Å². The number of carbonyl (C=O) groups excluding carboxylic acids is 2. The molecule has 0 spiro atoms. The quantitative estimate of drug-likeness (QED) is 0.359. The molecule has 1 aromatic carbocycles. The molecule has 0 aliphatic heterocycles. The highest BCUT2D eigenvalue weighted by molar-refractivity contribution is 6.46. The van der Waals surface area contributed by atoms with Gasteiger partial charge in [0.1, 0.15) is 29.9 Å². The molecule has 0 saturated heterocycles. The Morgan fingerprint density at radius 1 is 1.54 bits per heavy atom. The molecule has 0 aromatic heterocycles. The summed E-state index contributed by atoms with van der Waals surface area (Å²) in [5.74, 6) is -0.660. The molecule has 0 heterocycles. The number of nitrogens with one attached hydrogen (secondary N) is 1. The molecule has 1 amide bonds. The lowest BCUT2D eigenvalue weighted by molar-refractivity contribution is -0.122. The molecule has 24 heavy (non-hydrogen) atoms. The van der Waals surface area contributed by atoms with Gasteiger partial charge in [-0.15, -0.1) is 0 Å². The number of aliphatic hydroxyl groups is 1. The first-order chi connectivity index (χ1) is 11.3. The van der Waals surface area contributed by atoms with Crippen molar-refractivity contribution in [2.45, 2.75) is 18.9 Å². The third-order valence-corrected chi connectivity index (χ3v) is 3.08. The van der Waals surface area contributed by atoms with E-state index < -0.39 is 31.1 Å². The second-order valence-corrected chi connectivity index (χ2v) is 5.17. The Kier molecular flexibility index (Phi) is 6.78. The smallest absolute Gasteiger partial charge is 0.272 e. The summed E-state index contributed by atoms with van der Waals surface area (Å²) >= 11 is 0. The van der Waals surface area contributed by atoms with Crippen LogP contribution in [-0.4, -0.2) is 55.2 Å². The number of nitrogens with two attached hydrogens (primary N) is 1. The maximum atomic E-state index is 12.3. The summed E-state index contributed by atoms with van der Waals surface area (Å²) < 4.78 is 29.3. The van der Waals surface area contributed by atoms with E-state index in [2.05, 4.69) is 10.3 Å². The first kappa shape index (κ1) is 19.5. The summed E-state index contributed by atoms with van der Waals surface area (Å²) in [5, 5.41) is 11.5. The van der Waals surface area contributed by atoms with Crippen LogP contribution < -0.4 is 15.8 Å². The van der Waals surface area contributed by atoms with Crippen LogP contribution in [0.1, 0.15) is 12.5 Å². The molecule has 1 aromatic rings. The van der Waals surface area contributed by atoms with E-state index in [1.165, 1.54) is 32.2 Å². The number of benzene rings is 1. The van der Waals surface area contributed by atoms with Crippen molar-refractivity contribution in [2.24, 2.45) is 4.99 Å². The molecule has 4 N–H and O–H groups in total. The van der Waals surface area contributed by atoms with Crippen molar-refractivity contribution >= 4 is 23.6 Å². The SMILES string of the molecule is CN=C(C(=O)NC(C)(C=O)CO)c1cc(OCC(F)F)ccc1N. The number of amides is 1. The molecule has 0 bridgehead atoms. The lowest BCUT2D eigenvalue weighted by Gasteiger charge is -2.22. The molecule has 7 nitrogen and oxygen atoms in total. The number of halogens is 2. The molecule has 0 aliphatic rings. The van der Waals surface area contributed by atoms with Crippen molar-refractivity contribution in [3.05, 3.63) is 23.8 Å². The van der Waals surface area contributed by atoms with Gasteiger partial charge in [-0.2, -0.15) is 0 Å². The number of aliphatic hydroxyl groups excluding tert-OH is 1. The van der Waals surface area contributed by atoms with Crippen molar-refractivity contribution in [3.8, 4) is 5.75 Å². The second-order valence-electron chi connectivity index (χ2n) is 5.17. The molecule has 1 rings (SSSR count). The van der Waals surface area contributed by atoms with Gasteiger partial charge in [0.05, 0.1) is 6.61 Å². The maximum Gasteiger partial charge on any atom is 0.272 e. The average molecular weight is 343 g/mol. The van der Waals surface area contributed by atoms with Crippen LogP contribution in [0.25, 0.3) is 0 Å². The number of carbonyl (C=O) groups is 2. The van der Waals surface area contributed by atoms with Gasteiger partial charge < -0.3 is 25.7 Å². The van der Waals surface area contributed by atoms with Crippen LogP contribution in [0.15, 0.2) is 23.2 Å². The number of aldehydes is 1. The molecule has 0 fully saturated rings. The predicted octanol–water partition coefficient (Wildman–Crippen LogP) is 0.398. The normalized spacial score (nSPS) is 14.2. The summed E-state index contributed by atoms with van der Waals surface area (Å²) in [6, 6.07) is 4.08. The lowest BCUT2D eigenvalue weighted by atomic mass is 10.0. The molecule has 0 saturated carbocycles. The Bertz CT molecular complexity index is 637. The van der Waals surface area contributed by atoms with Gasteiger partial charge in [-0.05, 0) is 25.1 Å². The summed E-state index contributed by atoms with van der Waals surface area (Å²) in [6.07, 6.45) is -2.25. The van der Waals surface area contributed by atoms with E-state index >= 15 is 0 Å². The van der Waals surface area contributed by atoms with Crippen molar-refractivity contribution in [1.29, 1.82) is 0 Å². The van der Waals surface area contributed by atoms with E-state index in [1.54, 1.807) is 0 Å². The number of aliphatic imine (C=N–C) groups is 1. The highest BCUT2D eigenvalue weighted by Crippen LogP contribution is 2.21. The topological polar surface area (TPSA) is 114 Å². The fraction of sp³-hybridized carbons (Fsp3) is 0.400. The van der Waals surface area contributed by atoms with Crippen LogP contribution in [0.5, 0.6) is 5.75 Å². The largest absolute Gasteiger partial charge is 0.488 e. The highest BCUT2D eigenvalue weighted by atomic mass is 19.3. The fourth-order valence-electron chi connectivity index (χ4n) is 1.76. The number of ether oxygens (including phenoxy) is 1. The molecule has 0 radical (unpaired) electrons. The number of anilines is 1. The van der Waals surface area contributed by atoms with Gasteiger partial charge in [0.15, 0.2) is 0 Å². The Morgan fingerprint density at radius 2 is 2.21 bits per heavy atom. The molecular formula is C15H19F2N3O4. The van der Waals surface area contributed by atoms with Crippen LogP contribution >= 0.6 is 0 Å². The first-order valence-corrected chi connectivity index (χ1v) is 6.93. The Labute approximate surface area is 137 Å². The summed E-state index contributed by atoms with van der Waals surface area (Å²) in [7, 11) is 1.33. The monoisotopic (exact) mass is 343 g/mol. The van der Waals surface area contributed by atoms with Crippen molar-refractivity contribution in [3.63, 3.8) is 0 Å². The predicted molar refractivity (Wildman–Crippen MR) is 84.5 cm³/mol. The maximum absolute atomic E-state index is 12.3. The second kappa shape index (κ2) is 8.34. The molecule has 1 unspecified atom stereocenters. The van der Waals surface area contributed by atoms with E-state index in [1.807, 2.05) is 0 Å². The summed E-state index contributed by atoms with van der Waals surface area (Å²) in [6.45, 7) is -0.0785. The zero-order valence-corrected chi connectivity index (χ0v) is 13.3. The first-order valence-electron chi connectivity index (χ1n) is 6.93. The van der Waals surface area contributed by atoms with E-state index in [0.717, 1.165) is 0 Å². The van der Waals surface area contributed by atoms with Gasteiger partial charge in [-0.3, -0.25) is 9.79 Å². The van der Waals surface area contributed by atoms with Gasteiger partial charge in [0.25, 0.3) is 12.3 Å².